The highest BCUT2D eigenvalue weighted by atomic mass is 35.5. The number of carbonyl (C=O) groups is 6. The first kappa shape index (κ1) is 56.2. The van der Waals surface area contributed by atoms with Crippen LogP contribution >= 0.6 is 0 Å². The summed E-state index contributed by atoms with van der Waals surface area (Å²) in [5.74, 6) is 0. The second-order valence-electron chi connectivity index (χ2n) is 9.02. The van der Waals surface area contributed by atoms with E-state index in [1.807, 2.05) is 13.8 Å². The Morgan fingerprint density at radius 2 is 1.28 bits per heavy atom. The molecule has 0 saturated carbocycles. The predicted octanol–water partition coefficient (Wildman–Crippen LogP) is -12.2. The fraction of sp³-hybridized carbons (Fsp3) is 0.769. The SMILES string of the molecule is CNC(=O)NCCC[NH2+]C(C=O)(C=O)CCC(C=O)(C=O)NCCCN.CNC(=O)NCCO.COC(C)OC(C)OC.[Cl-].[Cl-].[Cl-]. The van der Waals surface area contributed by atoms with Gasteiger partial charge in [-0.2, -0.15) is 0 Å². The monoisotopic (exact) mass is 729 g/mol. The van der Waals surface area contributed by atoms with Crippen LogP contribution in [-0.4, -0.2) is 134 Å². The van der Waals surface area contributed by atoms with E-state index in [2.05, 4.69) is 26.6 Å². The van der Waals surface area contributed by atoms with E-state index in [0.29, 0.717) is 70.7 Å². The normalized spacial score (nSPS) is 11.3. The smallest absolute Gasteiger partial charge is 0.314 e. The van der Waals surface area contributed by atoms with Crippen molar-refractivity contribution < 1.29 is 90.6 Å². The molecular weight excluding hydrogens is 677 g/mol. The summed E-state index contributed by atoms with van der Waals surface area (Å²) < 4.78 is 14.7. The number of hydrogen-bond donors (Lipinski definition) is 8. The molecule has 0 saturated heterocycles. The number of rotatable bonds is 22. The van der Waals surface area contributed by atoms with Crippen molar-refractivity contribution in [3.05, 3.63) is 0 Å². The zero-order valence-corrected chi connectivity index (χ0v) is 29.7. The molecule has 0 bridgehead atoms. The van der Waals surface area contributed by atoms with Gasteiger partial charge in [0.1, 0.15) is 18.1 Å². The fourth-order valence-corrected chi connectivity index (χ4v) is 2.91. The first-order chi connectivity index (χ1) is 20.5. The van der Waals surface area contributed by atoms with Gasteiger partial charge in [-0.3, -0.25) is 14.9 Å². The molecule has 0 aliphatic heterocycles. The summed E-state index contributed by atoms with van der Waals surface area (Å²) in [6, 6.07) is -0.577. The number of hydrogen-bond acceptors (Lipinski definition) is 12. The van der Waals surface area contributed by atoms with Gasteiger partial charge in [0.05, 0.1) is 13.2 Å². The Balaban J connectivity index is -0.000000165. The van der Waals surface area contributed by atoms with Crippen molar-refractivity contribution in [2.75, 3.05) is 67.6 Å². The molecule has 0 aliphatic rings. The summed E-state index contributed by atoms with van der Waals surface area (Å²) >= 11 is 0. The lowest BCUT2D eigenvalue weighted by Crippen LogP contribution is -3.00. The van der Waals surface area contributed by atoms with Gasteiger partial charge in [-0.05, 0) is 39.8 Å². The summed E-state index contributed by atoms with van der Waals surface area (Å²) in [4.78, 5) is 67.0. The molecule has 0 fully saturated rings. The standard InChI is InChI=1S/C16H29N5O5.C6H14O3.C4H10N2O2.3ClH/c1-18-14(26)19-7-3-9-21-16(12-24,13-25)5-4-15(10-22,11-23)20-8-2-6-17;1-5(7-3)9-6(2)8-4;1-5-4(8)6-2-3-7;;;/h10-13,20-21H,2-9,17H2,1H3,(H2,18,19,26);5-6H,1-4H3;7H,2-3H2,1H3,(H2,5,6,8);3*1H/p-2. The van der Waals surface area contributed by atoms with E-state index in [0.717, 1.165) is 0 Å². The number of methoxy groups -OCH3 is 2. The van der Waals surface area contributed by atoms with E-state index in [4.69, 9.17) is 25.1 Å². The van der Waals surface area contributed by atoms with E-state index in [1.165, 1.54) is 14.1 Å². The van der Waals surface area contributed by atoms with Gasteiger partial charge in [-0.1, -0.05) is 0 Å². The predicted molar refractivity (Wildman–Crippen MR) is 158 cm³/mol. The number of nitrogens with two attached hydrogens (primary N) is 2. The third-order valence-corrected chi connectivity index (χ3v) is 5.76. The minimum Gasteiger partial charge on any atom is -1.00 e. The molecule has 0 radical (unpaired) electrons. The molecule has 4 amide bonds. The Morgan fingerprint density at radius 3 is 1.65 bits per heavy atom. The molecule has 46 heavy (non-hydrogen) atoms. The zero-order chi connectivity index (χ0) is 33.6. The minimum absolute atomic E-state index is 0. The van der Waals surface area contributed by atoms with Gasteiger partial charge >= 0.3 is 12.1 Å². The lowest BCUT2D eigenvalue weighted by Gasteiger charge is -2.27. The van der Waals surface area contributed by atoms with E-state index in [9.17, 15) is 28.8 Å². The molecule has 10 N–H and O–H groups in total. The number of carbonyl (C=O) groups excluding carboxylic acids is 6. The molecule has 0 aromatic carbocycles. The molecular formula is C26H54Cl3N7O10-2. The first-order valence-corrected chi connectivity index (χ1v) is 13.9. The van der Waals surface area contributed by atoms with Crippen molar-refractivity contribution in [2.45, 2.75) is 63.2 Å². The number of nitrogens with one attached hydrogen (secondary N) is 5. The van der Waals surface area contributed by atoms with Crippen molar-refractivity contribution in [1.82, 2.24) is 26.6 Å². The number of aldehydes is 4. The number of halogens is 3. The van der Waals surface area contributed by atoms with Crippen LogP contribution < -0.4 is 74.9 Å². The van der Waals surface area contributed by atoms with Crippen molar-refractivity contribution in [1.29, 1.82) is 0 Å². The second-order valence-corrected chi connectivity index (χ2v) is 9.02. The average molecular weight is 731 g/mol. The number of amides is 4. The molecule has 2 unspecified atom stereocenters. The summed E-state index contributed by atoms with van der Waals surface area (Å²) in [5.41, 5.74) is 2.57. The second kappa shape index (κ2) is 37.3. The lowest BCUT2D eigenvalue weighted by atomic mass is 9.87. The van der Waals surface area contributed by atoms with E-state index < -0.39 is 11.1 Å². The van der Waals surface area contributed by atoms with Gasteiger partial charge in [0.25, 0.3) is 0 Å². The summed E-state index contributed by atoms with van der Waals surface area (Å²) in [6.45, 7) is 5.50. The van der Waals surface area contributed by atoms with Gasteiger partial charge in [-0.15, -0.1) is 0 Å². The molecule has 0 heterocycles. The van der Waals surface area contributed by atoms with Crippen LogP contribution in [0.15, 0.2) is 0 Å². The number of aliphatic hydroxyl groups excluding tert-OH is 1. The first-order valence-electron chi connectivity index (χ1n) is 13.9. The average Bonchev–Trinajstić information content (AvgIpc) is 3.04. The third kappa shape index (κ3) is 30.5. The van der Waals surface area contributed by atoms with Crippen molar-refractivity contribution >= 4 is 37.2 Å². The lowest BCUT2D eigenvalue weighted by molar-refractivity contribution is -0.696. The van der Waals surface area contributed by atoms with Crippen molar-refractivity contribution in [3.63, 3.8) is 0 Å². The Labute approximate surface area is 290 Å². The van der Waals surface area contributed by atoms with Crippen molar-refractivity contribution in [2.24, 2.45) is 5.73 Å². The van der Waals surface area contributed by atoms with Gasteiger partial charge in [-0.25, -0.2) is 9.59 Å². The molecule has 0 aromatic heterocycles. The van der Waals surface area contributed by atoms with Crippen LogP contribution in [-0.2, 0) is 33.4 Å². The van der Waals surface area contributed by atoms with E-state index in [-0.39, 0.29) is 81.3 Å². The minimum atomic E-state index is -1.44. The molecule has 17 nitrogen and oxygen atoms in total. The van der Waals surface area contributed by atoms with Gasteiger partial charge in [0, 0.05) is 54.2 Å². The highest BCUT2D eigenvalue weighted by molar-refractivity contribution is 5.90. The molecule has 0 rings (SSSR count). The highest BCUT2D eigenvalue weighted by Gasteiger charge is 2.38. The van der Waals surface area contributed by atoms with E-state index in [1.54, 1.807) is 19.5 Å². The maximum absolute atomic E-state index is 11.5. The topological polar surface area (TPSA) is 253 Å². The van der Waals surface area contributed by atoms with Crippen LogP contribution in [0.2, 0.25) is 0 Å². The quantitative estimate of drug-likeness (QED) is 0.0224. The Hall–Kier alpha value is -2.19. The Bertz CT molecular complexity index is 754. The van der Waals surface area contributed by atoms with Crippen LogP contribution in [0.1, 0.15) is 39.5 Å². The highest BCUT2D eigenvalue weighted by Crippen LogP contribution is 2.13. The molecule has 0 aliphatic carbocycles. The molecule has 2 atom stereocenters. The van der Waals surface area contributed by atoms with Crippen LogP contribution in [0.5, 0.6) is 0 Å². The van der Waals surface area contributed by atoms with Crippen LogP contribution in [0.25, 0.3) is 0 Å². The summed E-state index contributed by atoms with van der Waals surface area (Å²) in [5, 5.41) is 22.3. The number of quaternary nitrogens is 1. The molecule has 276 valence electrons. The van der Waals surface area contributed by atoms with Gasteiger partial charge in [0.2, 0.25) is 5.54 Å². The molecule has 0 aromatic rings. The molecule has 20 heteroatoms. The maximum Gasteiger partial charge on any atom is 0.314 e. The van der Waals surface area contributed by atoms with Crippen molar-refractivity contribution in [3.8, 4) is 0 Å². The number of aliphatic hydroxyl groups is 1. The number of urea groups is 2. The Kier molecular flexibility index (Phi) is 45.5. The largest absolute Gasteiger partial charge is 1.00 e. The molecule has 0 spiro atoms. The van der Waals surface area contributed by atoms with Crippen LogP contribution in [0.4, 0.5) is 9.59 Å². The maximum atomic E-state index is 11.5. The third-order valence-electron chi connectivity index (χ3n) is 5.76. The van der Waals surface area contributed by atoms with Crippen LogP contribution in [0.3, 0.4) is 0 Å². The number of ether oxygens (including phenoxy) is 3. The van der Waals surface area contributed by atoms with Crippen LogP contribution in [0, 0.1) is 0 Å². The summed E-state index contributed by atoms with van der Waals surface area (Å²) in [7, 11) is 6.20. The van der Waals surface area contributed by atoms with E-state index >= 15 is 0 Å². The Morgan fingerprint density at radius 1 is 0.804 bits per heavy atom. The van der Waals surface area contributed by atoms with Gasteiger partial charge < -0.3 is 98.4 Å². The fourth-order valence-electron chi connectivity index (χ4n) is 2.91. The summed E-state index contributed by atoms with van der Waals surface area (Å²) in [6.07, 6.45) is 2.79. The van der Waals surface area contributed by atoms with Gasteiger partial charge in [0.15, 0.2) is 25.2 Å². The zero-order valence-electron chi connectivity index (χ0n) is 27.4.